The number of nitrogens with zero attached hydrogens (tertiary/aromatic N) is 1. The minimum atomic E-state index is -0.927. The molecule has 2 heterocycles. The molecule has 2 fully saturated rings. The molecular weight excluding hydrogens is 402 g/mol. The van der Waals surface area contributed by atoms with Crippen molar-refractivity contribution in [2.75, 3.05) is 13.2 Å². The number of rotatable bonds is 3. The molecule has 0 unspecified atom stereocenters. The number of cyclic esters (lactones) is 1. The first-order valence-corrected chi connectivity index (χ1v) is 9.80. The van der Waals surface area contributed by atoms with Crippen LogP contribution in [0.4, 0.5) is 0 Å². The molecule has 0 aromatic heterocycles. The van der Waals surface area contributed by atoms with Gasteiger partial charge in [0.1, 0.15) is 6.10 Å². The van der Waals surface area contributed by atoms with Gasteiger partial charge in [0.25, 0.3) is 0 Å². The molecule has 2 saturated heterocycles. The van der Waals surface area contributed by atoms with E-state index in [1.54, 1.807) is 30.9 Å². The van der Waals surface area contributed by atoms with E-state index in [1.807, 2.05) is 19.1 Å². The van der Waals surface area contributed by atoms with Crippen molar-refractivity contribution in [2.24, 2.45) is 0 Å². The lowest BCUT2D eigenvalue weighted by Gasteiger charge is -2.36. The Morgan fingerprint density at radius 1 is 1.07 bits per heavy atom. The van der Waals surface area contributed by atoms with Crippen molar-refractivity contribution >= 4 is 35.4 Å². The number of morpholine rings is 1. The van der Waals surface area contributed by atoms with Crippen molar-refractivity contribution in [3.05, 3.63) is 34.9 Å². The van der Waals surface area contributed by atoms with E-state index < -0.39 is 23.8 Å². The Balaban J connectivity index is 0.000000257. The maximum atomic E-state index is 12.0. The van der Waals surface area contributed by atoms with Crippen LogP contribution in [0, 0.1) is 0 Å². The van der Waals surface area contributed by atoms with E-state index in [1.165, 1.54) is 0 Å². The second-order valence-corrected chi connectivity index (χ2v) is 6.91. The first-order chi connectivity index (χ1) is 13.8. The summed E-state index contributed by atoms with van der Waals surface area (Å²) in [7, 11) is 0. The lowest BCUT2D eigenvalue weighted by molar-refractivity contribution is -0.176. The van der Waals surface area contributed by atoms with Crippen LogP contribution in [0.2, 0.25) is 5.02 Å². The topological polar surface area (TPSA) is 99.2 Å². The summed E-state index contributed by atoms with van der Waals surface area (Å²) in [4.78, 5) is 46.1. The summed E-state index contributed by atoms with van der Waals surface area (Å²) < 4.78 is 13.7. The van der Waals surface area contributed by atoms with Crippen molar-refractivity contribution in [3.63, 3.8) is 0 Å². The van der Waals surface area contributed by atoms with E-state index in [2.05, 4.69) is 9.47 Å². The molecule has 1 aromatic carbocycles. The first kappa shape index (κ1) is 22.7. The van der Waals surface area contributed by atoms with Gasteiger partial charge in [-0.15, -0.1) is 0 Å². The molecule has 0 spiro atoms. The number of carbonyl (C=O) groups is 4. The normalized spacial score (nSPS) is 22.8. The van der Waals surface area contributed by atoms with E-state index >= 15 is 0 Å². The molecule has 0 radical (unpaired) electrons. The van der Waals surface area contributed by atoms with Gasteiger partial charge in [-0.25, -0.2) is 14.4 Å². The number of benzene rings is 1. The smallest absolute Gasteiger partial charge is 0.417 e. The van der Waals surface area contributed by atoms with Crippen LogP contribution in [0.3, 0.4) is 0 Å². The van der Waals surface area contributed by atoms with Crippen molar-refractivity contribution < 1.29 is 33.4 Å². The van der Waals surface area contributed by atoms with Crippen LogP contribution in [0.15, 0.2) is 24.3 Å². The van der Waals surface area contributed by atoms with Gasteiger partial charge in [-0.05, 0) is 51.3 Å². The van der Waals surface area contributed by atoms with Gasteiger partial charge in [0.2, 0.25) is 0 Å². The molecule has 2 aliphatic heterocycles. The third-order valence-electron chi connectivity index (χ3n) is 4.65. The zero-order valence-electron chi connectivity index (χ0n) is 16.6. The zero-order chi connectivity index (χ0) is 21.6. The van der Waals surface area contributed by atoms with Gasteiger partial charge in [-0.1, -0.05) is 23.7 Å². The Morgan fingerprint density at radius 3 is 2.14 bits per heavy atom. The number of hydrogen-bond donors (Lipinski definition) is 0. The summed E-state index contributed by atoms with van der Waals surface area (Å²) in [5, 5.41) is 0.663. The van der Waals surface area contributed by atoms with Gasteiger partial charge in [0.15, 0.2) is 0 Å². The van der Waals surface area contributed by atoms with Gasteiger partial charge in [-0.3, -0.25) is 4.79 Å². The molecule has 0 bridgehead atoms. The highest BCUT2D eigenvalue weighted by atomic mass is 35.5. The van der Waals surface area contributed by atoms with Gasteiger partial charge in [-0.2, -0.15) is 0 Å². The predicted molar refractivity (Wildman–Crippen MR) is 103 cm³/mol. The molecule has 3 atom stereocenters. The van der Waals surface area contributed by atoms with E-state index in [0.717, 1.165) is 18.4 Å². The Morgan fingerprint density at radius 2 is 1.62 bits per heavy atom. The first-order valence-electron chi connectivity index (χ1n) is 9.42. The number of hydrogen-bond acceptors (Lipinski definition) is 7. The molecule has 9 heteroatoms. The molecule has 1 aromatic rings. The Bertz CT molecular complexity index is 749. The van der Waals surface area contributed by atoms with Crippen molar-refractivity contribution in [3.8, 4) is 0 Å². The quantitative estimate of drug-likeness (QED) is 0.416. The van der Waals surface area contributed by atoms with Gasteiger partial charge in [0.05, 0.1) is 25.3 Å². The molecule has 0 N–H and O–H groups in total. The van der Waals surface area contributed by atoms with Crippen LogP contribution in [0.1, 0.15) is 45.2 Å². The lowest BCUT2D eigenvalue weighted by Crippen LogP contribution is -2.53. The number of halogens is 1. The largest absolute Gasteiger partial charge is 0.458 e. The van der Waals surface area contributed by atoms with Crippen molar-refractivity contribution in [1.82, 2.24) is 4.90 Å². The highest BCUT2D eigenvalue weighted by Gasteiger charge is 2.48. The average Bonchev–Trinajstić information content (AvgIpc) is 3.13. The molecule has 1 amide bonds. The molecule has 158 valence electrons. The number of fused-ring (bicyclic) bond motifs is 1. The maximum absolute atomic E-state index is 12.0. The second kappa shape index (κ2) is 10.2. The summed E-state index contributed by atoms with van der Waals surface area (Å²) >= 11 is 5.88. The third kappa shape index (κ3) is 5.47. The monoisotopic (exact) mass is 425 g/mol. The van der Waals surface area contributed by atoms with Gasteiger partial charge in [0, 0.05) is 5.02 Å². The average molecular weight is 426 g/mol. The minimum Gasteiger partial charge on any atom is -0.458 e. The Labute approximate surface area is 174 Å². The number of carbonyl (C=O) groups excluding carboxylic acids is 4. The summed E-state index contributed by atoms with van der Waals surface area (Å²) in [6, 6.07) is 7.37. The fourth-order valence-electron chi connectivity index (χ4n) is 3.39. The lowest BCUT2D eigenvalue weighted by atomic mass is 10.0. The van der Waals surface area contributed by atoms with Crippen LogP contribution in [-0.2, 0) is 33.4 Å². The fourth-order valence-corrected chi connectivity index (χ4v) is 3.51. The van der Waals surface area contributed by atoms with Gasteiger partial charge < -0.3 is 19.1 Å². The molecule has 0 aliphatic carbocycles. The van der Waals surface area contributed by atoms with E-state index in [4.69, 9.17) is 16.3 Å². The number of amides is 1. The predicted octanol–water partition coefficient (Wildman–Crippen LogP) is 2.43. The maximum Gasteiger partial charge on any atom is 0.417 e. The zero-order valence-corrected chi connectivity index (χ0v) is 17.3. The SMILES string of the molecule is CCOC(=O)C(=O)OCC.C[C@@H]1OC(=O)C(=O)N2[C@@H]1CC[C@H]2c1ccc(Cl)cc1. The Kier molecular flexibility index (Phi) is 8.01. The van der Waals surface area contributed by atoms with Crippen LogP contribution < -0.4 is 0 Å². The standard InChI is InChI=1S/C14H14ClNO3.C6H10O4/c1-8-11-6-7-12(9-2-4-10(15)5-3-9)16(11)13(17)14(18)19-8;1-3-9-5(7)6(8)10-4-2/h2-5,8,11-12H,6-7H2,1H3;3-4H2,1-2H3/t8-,11+,12-;/m0./s1. The molecule has 3 rings (SSSR count). The molecule has 2 aliphatic rings. The fraction of sp³-hybridized carbons (Fsp3) is 0.500. The second-order valence-electron chi connectivity index (χ2n) is 6.48. The van der Waals surface area contributed by atoms with Crippen LogP contribution in [0.5, 0.6) is 0 Å². The highest BCUT2D eigenvalue weighted by Crippen LogP contribution is 2.40. The molecular formula is C20H24ClNO7. The van der Waals surface area contributed by atoms with Crippen molar-refractivity contribution in [2.45, 2.75) is 51.8 Å². The molecule has 29 heavy (non-hydrogen) atoms. The highest BCUT2D eigenvalue weighted by molar-refractivity contribution is 6.33. The third-order valence-corrected chi connectivity index (χ3v) is 4.90. The summed E-state index contributed by atoms with van der Waals surface area (Å²) in [6.07, 6.45) is 1.47. The Hall–Kier alpha value is -2.61. The van der Waals surface area contributed by atoms with Gasteiger partial charge >= 0.3 is 23.8 Å². The number of esters is 3. The summed E-state index contributed by atoms with van der Waals surface area (Å²) in [5.74, 6) is -3.13. The van der Waals surface area contributed by atoms with Crippen molar-refractivity contribution in [1.29, 1.82) is 0 Å². The van der Waals surface area contributed by atoms with Crippen LogP contribution in [-0.4, -0.2) is 54.1 Å². The van der Waals surface area contributed by atoms with E-state index in [9.17, 15) is 19.2 Å². The van der Waals surface area contributed by atoms with Crippen LogP contribution >= 0.6 is 11.6 Å². The molecule has 0 saturated carbocycles. The molecule has 8 nitrogen and oxygen atoms in total. The van der Waals surface area contributed by atoms with Crippen LogP contribution in [0.25, 0.3) is 0 Å². The van der Waals surface area contributed by atoms with E-state index in [-0.39, 0.29) is 31.4 Å². The summed E-state index contributed by atoms with van der Waals surface area (Å²) in [5.41, 5.74) is 1.02. The minimum absolute atomic E-state index is 0.00845. The number of ether oxygens (including phenoxy) is 3. The summed E-state index contributed by atoms with van der Waals surface area (Å²) in [6.45, 7) is 5.47. The van der Waals surface area contributed by atoms with E-state index in [0.29, 0.717) is 5.02 Å².